The molecule has 1 aliphatic rings. The van der Waals surface area contributed by atoms with E-state index >= 15 is 0 Å². The van der Waals surface area contributed by atoms with Crippen LogP contribution in [0.3, 0.4) is 0 Å². The van der Waals surface area contributed by atoms with Gasteiger partial charge in [-0.25, -0.2) is 14.8 Å². The minimum Gasteiger partial charge on any atom is -0.388 e. The molecule has 1 amide bonds. The predicted octanol–water partition coefficient (Wildman–Crippen LogP) is 0.707. The lowest BCUT2D eigenvalue weighted by Crippen LogP contribution is -2.53. The van der Waals surface area contributed by atoms with Crippen LogP contribution >= 0.6 is 0 Å². The van der Waals surface area contributed by atoms with Gasteiger partial charge < -0.3 is 19.1 Å². The number of aromatic nitrogens is 6. The number of rotatable bonds is 4. The molecule has 11 heteroatoms. The summed E-state index contributed by atoms with van der Waals surface area (Å²) in [6.45, 7) is 4.77. The molecule has 1 N–H and O–H groups in total. The molecule has 35 heavy (non-hydrogen) atoms. The normalized spacial score (nSPS) is 20.7. The molecule has 0 saturated carbocycles. The number of hydrogen-bond acceptors (Lipinski definition) is 6. The Bertz CT molecular complexity index is 1570. The molecule has 184 valence electrons. The Morgan fingerprint density at radius 2 is 1.94 bits per heavy atom. The molecule has 1 fully saturated rings. The number of nitrogens with zero attached hydrogens (tertiary/aromatic N) is 7. The van der Waals surface area contributed by atoms with Crippen LogP contribution < -0.4 is 11.2 Å². The summed E-state index contributed by atoms with van der Waals surface area (Å²) in [7, 11) is 2.97. The number of benzene rings is 1. The van der Waals surface area contributed by atoms with Crippen LogP contribution in [0, 0.1) is 6.92 Å². The first-order valence-corrected chi connectivity index (χ1v) is 11.6. The zero-order valence-electron chi connectivity index (χ0n) is 20.3. The minimum atomic E-state index is -1.17. The molecule has 4 heterocycles. The van der Waals surface area contributed by atoms with E-state index in [0.29, 0.717) is 19.5 Å². The van der Waals surface area contributed by atoms with Crippen LogP contribution in [0.1, 0.15) is 31.6 Å². The highest BCUT2D eigenvalue weighted by Crippen LogP contribution is 2.33. The summed E-state index contributed by atoms with van der Waals surface area (Å²) >= 11 is 0. The van der Waals surface area contributed by atoms with Gasteiger partial charge in [-0.05, 0) is 32.4 Å². The van der Waals surface area contributed by atoms with Crippen LogP contribution in [-0.2, 0) is 25.4 Å². The molecular weight excluding hydrogens is 450 g/mol. The molecule has 1 aromatic carbocycles. The Hall–Kier alpha value is -3.73. The summed E-state index contributed by atoms with van der Waals surface area (Å²) in [5.74, 6) is 0.817. The third kappa shape index (κ3) is 3.66. The van der Waals surface area contributed by atoms with Gasteiger partial charge in [-0.2, -0.15) is 0 Å². The van der Waals surface area contributed by atoms with Crippen molar-refractivity contribution in [3.05, 3.63) is 57.3 Å². The smallest absolute Gasteiger partial charge is 0.332 e. The average molecular weight is 480 g/mol. The number of likely N-dealkylation sites (tertiary alicyclic amines) is 1. The maximum absolute atomic E-state index is 13.2. The Morgan fingerprint density at radius 1 is 1.20 bits per heavy atom. The van der Waals surface area contributed by atoms with Crippen molar-refractivity contribution in [3.8, 4) is 0 Å². The van der Waals surface area contributed by atoms with Crippen molar-refractivity contribution in [1.82, 2.24) is 33.1 Å². The van der Waals surface area contributed by atoms with Crippen molar-refractivity contribution in [2.24, 2.45) is 14.1 Å². The second kappa shape index (κ2) is 8.19. The number of carbonyl (C=O) groups excluding carboxylic acids is 1. The molecule has 5 rings (SSSR count). The van der Waals surface area contributed by atoms with Crippen molar-refractivity contribution in [2.75, 3.05) is 13.1 Å². The molecule has 4 aromatic rings. The summed E-state index contributed by atoms with van der Waals surface area (Å²) in [4.78, 5) is 49.1. The molecule has 1 aliphatic heterocycles. The minimum absolute atomic E-state index is 0.0348. The number of piperidine rings is 1. The first-order valence-electron chi connectivity index (χ1n) is 11.6. The molecule has 0 unspecified atom stereocenters. The van der Waals surface area contributed by atoms with Crippen LogP contribution in [0.25, 0.3) is 22.2 Å². The Labute approximate surface area is 200 Å². The number of hydrogen-bond donors (Lipinski definition) is 1. The van der Waals surface area contributed by atoms with Gasteiger partial charge in [0.25, 0.3) is 5.56 Å². The van der Waals surface area contributed by atoms with E-state index < -0.39 is 22.9 Å². The van der Waals surface area contributed by atoms with Crippen LogP contribution in [0.5, 0.6) is 0 Å². The van der Waals surface area contributed by atoms with E-state index in [1.54, 1.807) is 23.4 Å². The van der Waals surface area contributed by atoms with E-state index in [1.807, 2.05) is 35.8 Å². The third-order valence-corrected chi connectivity index (χ3v) is 7.26. The van der Waals surface area contributed by atoms with Crippen LogP contribution in [-0.4, -0.2) is 62.8 Å². The number of aliphatic hydroxyl groups is 1. The van der Waals surface area contributed by atoms with Crippen LogP contribution in [0.2, 0.25) is 0 Å². The molecule has 3 aromatic heterocycles. The molecule has 1 saturated heterocycles. The Morgan fingerprint density at radius 3 is 2.71 bits per heavy atom. The summed E-state index contributed by atoms with van der Waals surface area (Å²) in [6.07, 6.45) is 2.11. The maximum Gasteiger partial charge on any atom is 0.332 e. The quantitative estimate of drug-likeness (QED) is 0.460. The van der Waals surface area contributed by atoms with E-state index in [-0.39, 0.29) is 30.0 Å². The maximum atomic E-state index is 13.2. The number of aryl methyl sites for hydroxylation is 3. The Balaban J connectivity index is 1.42. The molecule has 0 aliphatic carbocycles. The fourth-order valence-corrected chi connectivity index (χ4v) is 5.08. The van der Waals surface area contributed by atoms with Gasteiger partial charge in [0.2, 0.25) is 5.91 Å². The predicted molar refractivity (Wildman–Crippen MR) is 130 cm³/mol. The lowest BCUT2D eigenvalue weighted by atomic mass is 9.88. The highest BCUT2D eigenvalue weighted by atomic mass is 16.3. The number of imidazole rings is 2. The second-order valence-corrected chi connectivity index (χ2v) is 9.54. The number of fused-ring (bicyclic) bond motifs is 2. The van der Waals surface area contributed by atoms with Crippen molar-refractivity contribution < 1.29 is 9.90 Å². The van der Waals surface area contributed by atoms with Gasteiger partial charge in [-0.3, -0.25) is 18.7 Å². The molecular formula is C24H29N7O4. The lowest BCUT2D eigenvalue weighted by molar-refractivity contribution is -0.138. The first-order chi connectivity index (χ1) is 16.6. The van der Waals surface area contributed by atoms with Crippen molar-refractivity contribution >= 4 is 28.1 Å². The van der Waals surface area contributed by atoms with E-state index in [9.17, 15) is 19.5 Å². The van der Waals surface area contributed by atoms with Crippen molar-refractivity contribution in [2.45, 2.75) is 44.9 Å². The average Bonchev–Trinajstić information content (AvgIpc) is 3.40. The van der Waals surface area contributed by atoms with Gasteiger partial charge in [-0.1, -0.05) is 12.1 Å². The van der Waals surface area contributed by atoms with Gasteiger partial charge in [0, 0.05) is 40.2 Å². The number of para-hydroxylation sites is 2. The van der Waals surface area contributed by atoms with E-state index in [1.165, 1.54) is 17.9 Å². The van der Waals surface area contributed by atoms with Crippen LogP contribution in [0.15, 0.2) is 40.2 Å². The van der Waals surface area contributed by atoms with Gasteiger partial charge in [0.05, 0.1) is 29.0 Å². The van der Waals surface area contributed by atoms with Crippen molar-refractivity contribution in [3.63, 3.8) is 0 Å². The summed E-state index contributed by atoms with van der Waals surface area (Å²) in [5, 5.41) is 11.2. The lowest BCUT2D eigenvalue weighted by Gasteiger charge is -2.43. The van der Waals surface area contributed by atoms with Gasteiger partial charge in [0.15, 0.2) is 11.2 Å². The second-order valence-electron chi connectivity index (χ2n) is 9.54. The topological polar surface area (TPSA) is 120 Å². The highest BCUT2D eigenvalue weighted by molar-refractivity contribution is 5.78. The SMILES string of the molecule is Cc1nc2ccccc2n1CCC(=O)N1CC[C@](C)(O)[C@@H](n2cnc3c2c(=O)n(C)c(=O)n3C)C1. The zero-order valence-corrected chi connectivity index (χ0v) is 20.3. The zero-order chi connectivity index (χ0) is 25.1. The van der Waals surface area contributed by atoms with E-state index in [4.69, 9.17) is 0 Å². The molecule has 11 nitrogen and oxygen atoms in total. The standard InChI is InChI=1S/C24H29N7O4/c1-15-26-16-7-5-6-8-17(16)30(15)11-9-19(32)29-12-10-24(2,35)18(13-29)31-14-25-21-20(31)22(33)28(4)23(34)27(21)3/h5-8,14,18,35H,9-13H2,1-4H3/t18-,24-/m0/s1. The summed E-state index contributed by atoms with van der Waals surface area (Å²) < 4.78 is 5.99. The van der Waals surface area contributed by atoms with Crippen molar-refractivity contribution in [1.29, 1.82) is 0 Å². The number of carbonyl (C=O) groups is 1. The van der Waals surface area contributed by atoms with Gasteiger partial charge in [0.1, 0.15) is 5.82 Å². The molecule has 0 spiro atoms. The summed E-state index contributed by atoms with van der Waals surface area (Å²) in [6, 6.07) is 7.24. The van der Waals surface area contributed by atoms with Crippen LogP contribution in [0.4, 0.5) is 0 Å². The van der Waals surface area contributed by atoms with Gasteiger partial charge >= 0.3 is 5.69 Å². The summed E-state index contributed by atoms with van der Waals surface area (Å²) in [5.41, 5.74) is 0.249. The van der Waals surface area contributed by atoms with Gasteiger partial charge in [-0.15, -0.1) is 0 Å². The largest absolute Gasteiger partial charge is 0.388 e. The fraction of sp³-hybridized carbons (Fsp3) is 0.458. The molecule has 0 bridgehead atoms. The fourth-order valence-electron chi connectivity index (χ4n) is 5.08. The van der Waals surface area contributed by atoms with E-state index in [2.05, 4.69) is 9.97 Å². The number of amides is 1. The molecule has 2 atom stereocenters. The van der Waals surface area contributed by atoms with E-state index in [0.717, 1.165) is 21.4 Å². The monoisotopic (exact) mass is 479 g/mol. The third-order valence-electron chi connectivity index (χ3n) is 7.26. The Kier molecular flexibility index (Phi) is 5.39. The molecule has 0 radical (unpaired) electrons. The highest BCUT2D eigenvalue weighted by Gasteiger charge is 2.41. The first kappa shape index (κ1) is 23.0.